The summed E-state index contributed by atoms with van der Waals surface area (Å²) in [6.07, 6.45) is 6.27. The highest BCUT2D eigenvalue weighted by atomic mass is 16.4. The van der Waals surface area contributed by atoms with Crippen molar-refractivity contribution in [1.29, 1.82) is 0 Å². The van der Waals surface area contributed by atoms with Gasteiger partial charge in [0.25, 0.3) is 0 Å². The van der Waals surface area contributed by atoms with Crippen molar-refractivity contribution in [2.45, 2.75) is 71.8 Å². The van der Waals surface area contributed by atoms with Crippen molar-refractivity contribution < 1.29 is 14.7 Å². The topological polar surface area (TPSA) is 78.4 Å². The van der Waals surface area contributed by atoms with E-state index in [2.05, 4.69) is 24.5 Å². The summed E-state index contributed by atoms with van der Waals surface area (Å²) in [5, 5.41) is 15.2. The molecule has 0 radical (unpaired) electrons. The minimum Gasteiger partial charge on any atom is -0.481 e. The second-order valence-corrected chi connectivity index (χ2v) is 6.64. The lowest BCUT2D eigenvalue weighted by molar-refractivity contribution is -0.151. The number of nitrogens with one attached hydrogen (secondary N) is 2. The Morgan fingerprint density at radius 3 is 2.48 bits per heavy atom. The zero-order valence-electron chi connectivity index (χ0n) is 13.6. The molecule has 0 aromatic carbocycles. The number of aliphatic carboxylic acids is 1. The van der Waals surface area contributed by atoms with E-state index in [1.165, 1.54) is 0 Å². The number of carbonyl (C=O) groups is 2. The van der Waals surface area contributed by atoms with Gasteiger partial charge in [-0.05, 0) is 44.9 Å². The van der Waals surface area contributed by atoms with E-state index in [1.807, 2.05) is 6.92 Å². The summed E-state index contributed by atoms with van der Waals surface area (Å²) < 4.78 is 0. The van der Waals surface area contributed by atoms with Crippen LogP contribution < -0.4 is 10.6 Å². The van der Waals surface area contributed by atoms with Gasteiger partial charge in [-0.1, -0.05) is 26.7 Å². The molecule has 0 heterocycles. The monoisotopic (exact) mass is 298 g/mol. The molecule has 21 heavy (non-hydrogen) atoms. The van der Waals surface area contributed by atoms with Crippen molar-refractivity contribution >= 4 is 12.0 Å². The number of hydrogen-bond donors (Lipinski definition) is 3. The third-order valence-electron chi connectivity index (χ3n) is 4.64. The van der Waals surface area contributed by atoms with Gasteiger partial charge in [-0.25, -0.2) is 4.79 Å². The van der Waals surface area contributed by atoms with Gasteiger partial charge in [0, 0.05) is 12.6 Å². The average Bonchev–Trinajstić information content (AvgIpc) is 2.44. The molecule has 1 saturated carbocycles. The summed E-state index contributed by atoms with van der Waals surface area (Å²) in [5.74, 6) is -0.200. The Bertz CT molecular complexity index is 349. The number of carboxylic acids is 1. The van der Waals surface area contributed by atoms with Crippen molar-refractivity contribution in [3.8, 4) is 0 Å². The van der Waals surface area contributed by atoms with E-state index in [0.717, 1.165) is 32.1 Å². The average molecular weight is 298 g/mol. The van der Waals surface area contributed by atoms with Gasteiger partial charge < -0.3 is 15.7 Å². The van der Waals surface area contributed by atoms with Gasteiger partial charge in [-0.15, -0.1) is 0 Å². The number of unbranched alkanes of at least 4 members (excludes halogenated alkanes) is 1. The molecule has 0 saturated heterocycles. The summed E-state index contributed by atoms with van der Waals surface area (Å²) in [5.41, 5.74) is -0.781. The highest BCUT2D eigenvalue weighted by Gasteiger charge is 2.41. The smallest absolute Gasteiger partial charge is 0.315 e. The zero-order chi connectivity index (χ0) is 15.9. The van der Waals surface area contributed by atoms with Gasteiger partial charge in [0.05, 0.1) is 5.41 Å². The largest absolute Gasteiger partial charge is 0.481 e. The van der Waals surface area contributed by atoms with E-state index >= 15 is 0 Å². The molecule has 5 heteroatoms. The van der Waals surface area contributed by atoms with E-state index < -0.39 is 11.4 Å². The molecule has 0 spiro atoms. The summed E-state index contributed by atoms with van der Waals surface area (Å²) in [6.45, 7) is 6.47. The van der Waals surface area contributed by atoms with Crippen LogP contribution in [0.3, 0.4) is 0 Å². The molecule has 1 unspecified atom stereocenters. The third-order valence-corrected chi connectivity index (χ3v) is 4.64. The number of carbonyl (C=O) groups excluding carboxylic acids is 1. The van der Waals surface area contributed by atoms with E-state index in [0.29, 0.717) is 18.8 Å². The maximum Gasteiger partial charge on any atom is 0.315 e. The Kier molecular flexibility index (Phi) is 6.99. The molecule has 1 rings (SSSR count). The van der Waals surface area contributed by atoms with Crippen molar-refractivity contribution in [2.24, 2.45) is 11.3 Å². The van der Waals surface area contributed by atoms with E-state index in [9.17, 15) is 14.7 Å². The predicted molar refractivity (Wildman–Crippen MR) is 83.2 cm³/mol. The third kappa shape index (κ3) is 5.56. The summed E-state index contributed by atoms with van der Waals surface area (Å²) in [4.78, 5) is 23.5. The van der Waals surface area contributed by atoms with Crippen LogP contribution in [0.25, 0.3) is 0 Å². The van der Waals surface area contributed by atoms with Crippen molar-refractivity contribution in [1.82, 2.24) is 10.6 Å². The molecular formula is C16H30N2O3. The van der Waals surface area contributed by atoms with Gasteiger partial charge in [0.15, 0.2) is 0 Å². The Balaban J connectivity index is 2.43. The molecule has 0 aliphatic heterocycles. The molecule has 0 aromatic heterocycles. The van der Waals surface area contributed by atoms with E-state index in [-0.39, 0.29) is 18.6 Å². The van der Waals surface area contributed by atoms with Crippen LogP contribution in [0.4, 0.5) is 4.79 Å². The fourth-order valence-electron chi connectivity index (χ4n) is 2.89. The van der Waals surface area contributed by atoms with Crippen molar-refractivity contribution in [3.05, 3.63) is 0 Å². The molecule has 1 atom stereocenters. The van der Waals surface area contributed by atoms with Gasteiger partial charge in [-0.3, -0.25) is 4.79 Å². The van der Waals surface area contributed by atoms with Gasteiger partial charge in [0.2, 0.25) is 0 Å². The number of carboxylic acid groups (broad SMARTS) is 1. The maximum absolute atomic E-state index is 11.9. The van der Waals surface area contributed by atoms with Gasteiger partial charge >= 0.3 is 12.0 Å². The first-order chi connectivity index (χ1) is 9.89. The number of hydrogen-bond acceptors (Lipinski definition) is 2. The summed E-state index contributed by atoms with van der Waals surface area (Å²) in [7, 11) is 0. The Morgan fingerprint density at radius 2 is 1.95 bits per heavy atom. The lowest BCUT2D eigenvalue weighted by Gasteiger charge is -2.35. The molecule has 0 aromatic rings. The first-order valence-electron chi connectivity index (χ1n) is 8.17. The Hall–Kier alpha value is -1.26. The standard InChI is InChI=1S/C16H30N2O3/c1-4-5-6-13(3)18-15(21)17-11-16(14(19)20)9-7-12(2)8-10-16/h12-13H,4-11H2,1-3H3,(H,19,20)(H2,17,18,21). The highest BCUT2D eigenvalue weighted by Crippen LogP contribution is 2.38. The minimum atomic E-state index is -0.784. The number of amides is 2. The van der Waals surface area contributed by atoms with Crippen LogP contribution >= 0.6 is 0 Å². The maximum atomic E-state index is 11.9. The molecule has 2 amide bonds. The van der Waals surface area contributed by atoms with Crippen LogP contribution in [0.1, 0.15) is 65.7 Å². The van der Waals surface area contributed by atoms with Crippen LogP contribution in [0, 0.1) is 11.3 Å². The molecule has 3 N–H and O–H groups in total. The minimum absolute atomic E-state index is 0.122. The molecule has 1 fully saturated rings. The van der Waals surface area contributed by atoms with Crippen LogP contribution in [-0.2, 0) is 4.79 Å². The highest BCUT2D eigenvalue weighted by molar-refractivity contribution is 5.78. The molecule has 0 bridgehead atoms. The molecule has 5 nitrogen and oxygen atoms in total. The predicted octanol–water partition coefficient (Wildman–Crippen LogP) is 3.15. The summed E-state index contributed by atoms with van der Waals surface area (Å²) >= 11 is 0. The first-order valence-corrected chi connectivity index (χ1v) is 8.17. The van der Waals surface area contributed by atoms with Gasteiger partial charge in [0.1, 0.15) is 0 Å². The molecule has 1 aliphatic carbocycles. The van der Waals surface area contributed by atoms with Crippen LogP contribution in [0.2, 0.25) is 0 Å². The fraction of sp³-hybridized carbons (Fsp3) is 0.875. The quantitative estimate of drug-likeness (QED) is 0.675. The zero-order valence-corrected chi connectivity index (χ0v) is 13.6. The molecule has 1 aliphatic rings. The van der Waals surface area contributed by atoms with Crippen LogP contribution in [0.15, 0.2) is 0 Å². The Labute approximate surface area is 127 Å². The van der Waals surface area contributed by atoms with Crippen LogP contribution in [-0.4, -0.2) is 29.7 Å². The number of rotatable bonds is 7. The second-order valence-electron chi connectivity index (χ2n) is 6.64. The fourth-order valence-corrected chi connectivity index (χ4v) is 2.89. The number of urea groups is 1. The van der Waals surface area contributed by atoms with Gasteiger partial charge in [-0.2, -0.15) is 0 Å². The normalized spacial score (nSPS) is 26.9. The van der Waals surface area contributed by atoms with E-state index in [4.69, 9.17) is 0 Å². The van der Waals surface area contributed by atoms with Crippen LogP contribution in [0.5, 0.6) is 0 Å². The van der Waals surface area contributed by atoms with Crippen molar-refractivity contribution in [2.75, 3.05) is 6.54 Å². The lowest BCUT2D eigenvalue weighted by atomic mass is 9.71. The summed E-state index contributed by atoms with van der Waals surface area (Å²) in [6, 6.07) is -0.130. The van der Waals surface area contributed by atoms with Crippen molar-refractivity contribution in [3.63, 3.8) is 0 Å². The Morgan fingerprint density at radius 1 is 1.33 bits per heavy atom. The molecular weight excluding hydrogens is 268 g/mol. The lowest BCUT2D eigenvalue weighted by Crippen LogP contribution is -2.49. The SMILES string of the molecule is CCCCC(C)NC(=O)NCC1(C(=O)O)CCC(C)CC1. The molecule has 122 valence electrons. The van der Waals surface area contributed by atoms with E-state index in [1.54, 1.807) is 0 Å². The second kappa shape index (κ2) is 8.25. The first kappa shape index (κ1) is 17.8.